The zero-order chi connectivity index (χ0) is 8.41. The molecule has 0 spiro atoms. The Kier molecular flexibility index (Phi) is 26.1. The van der Waals surface area contributed by atoms with Crippen LogP contribution in [0.1, 0.15) is 20.8 Å². The van der Waals surface area contributed by atoms with Gasteiger partial charge in [0.2, 0.25) is 0 Å². The van der Waals surface area contributed by atoms with Crippen LogP contribution in [0.4, 0.5) is 0 Å². The molecule has 3 N–H and O–H groups in total. The molecule has 5 heteroatoms. The molecule has 4 nitrogen and oxygen atoms in total. The van der Waals surface area contributed by atoms with Crippen molar-refractivity contribution in [3.8, 4) is 0 Å². The van der Waals surface area contributed by atoms with Gasteiger partial charge >= 0.3 is 0 Å². The smallest absolute Gasteiger partial charge is 0.177 e. The van der Waals surface area contributed by atoms with Gasteiger partial charge in [-0.1, -0.05) is 20.8 Å². The van der Waals surface area contributed by atoms with E-state index in [-0.39, 0.29) is 5.48 Å². The second kappa shape index (κ2) is 16.6. The van der Waals surface area contributed by atoms with Crippen LogP contribution in [-0.2, 0) is 4.57 Å². The first-order valence-corrected chi connectivity index (χ1v) is 4.55. The fourth-order valence-electron chi connectivity index (χ4n) is 0.671. The van der Waals surface area contributed by atoms with E-state index in [1.54, 1.807) is 0 Å². The van der Waals surface area contributed by atoms with Crippen LogP contribution in [-0.4, -0.2) is 34.9 Å². The molecule has 0 saturated heterocycles. The molecule has 0 aliphatic heterocycles. The van der Waals surface area contributed by atoms with Gasteiger partial charge < -0.3 is 15.3 Å². The van der Waals surface area contributed by atoms with Gasteiger partial charge in [-0.05, 0) is 19.6 Å². The van der Waals surface area contributed by atoms with Crippen LogP contribution in [0.3, 0.4) is 0 Å². The van der Waals surface area contributed by atoms with Crippen molar-refractivity contribution >= 4 is 8.69 Å². The van der Waals surface area contributed by atoms with Crippen LogP contribution in [0.5, 0.6) is 0 Å². The first-order chi connectivity index (χ1) is 4.76. The predicted molar refractivity (Wildman–Crippen MR) is 49.7 cm³/mol. The van der Waals surface area contributed by atoms with Crippen molar-refractivity contribution in [2.45, 2.75) is 20.8 Å². The van der Waals surface area contributed by atoms with Gasteiger partial charge in [0.15, 0.2) is 8.69 Å². The number of rotatable bonds is 3. The van der Waals surface area contributed by atoms with Crippen molar-refractivity contribution in [1.82, 2.24) is 4.90 Å². The van der Waals surface area contributed by atoms with E-state index >= 15 is 0 Å². The van der Waals surface area contributed by atoms with Crippen molar-refractivity contribution < 1.29 is 14.9 Å². The Morgan fingerprint density at radius 1 is 1.18 bits per heavy atom. The molecular formula is C6H20NO3P. The van der Waals surface area contributed by atoms with Gasteiger partial charge in [-0.15, -0.1) is 0 Å². The second-order valence-corrected chi connectivity index (χ2v) is 1.94. The third-order valence-corrected chi connectivity index (χ3v) is 1.34. The number of nitrogens with zero attached hydrogens (tertiary/aromatic N) is 1. The highest BCUT2D eigenvalue weighted by Gasteiger charge is 1.89. The zero-order valence-electron chi connectivity index (χ0n) is 7.50. The Bertz CT molecular complexity index is 63.3. The average Bonchev–Trinajstić information content (AvgIpc) is 1.93. The fourth-order valence-corrected chi connectivity index (χ4v) is 0.671. The molecule has 11 heavy (non-hydrogen) atoms. The number of hydrogen-bond donors (Lipinski definition) is 1. The Labute approximate surface area is 69.8 Å². The van der Waals surface area contributed by atoms with E-state index in [4.69, 9.17) is 9.46 Å². The lowest BCUT2D eigenvalue weighted by atomic mass is 10.5. The van der Waals surface area contributed by atoms with Crippen LogP contribution in [0, 0.1) is 0 Å². The molecule has 0 rings (SSSR count). The Morgan fingerprint density at radius 2 is 1.36 bits per heavy atom. The van der Waals surface area contributed by atoms with E-state index in [0.29, 0.717) is 0 Å². The van der Waals surface area contributed by atoms with Crippen LogP contribution in [0.2, 0.25) is 0 Å². The molecule has 0 amide bonds. The zero-order valence-corrected chi connectivity index (χ0v) is 8.66. The maximum atomic E-state index is 8.57. The summed E-state index contributed by atoms with van der Waals surface area (Å²) in [6.07, 6.45) is 0. The summed E-state index contributed by atoms with van der Waals surface area (Å²) in [5.41, 5.74) is 0. The molecule has 72 valence electrons. The summed E-state index contributed by atoms with van der Waals surface area (Å²) in [4.78, 5) is 9.47. The summed E-state index contributed by atoms with van der Waals surface area (Å²) < 4.78 is 8.57. The minimum atomic E-state index is -1.50. The molecule has 0 aromatic rings. The largest absolute Gasteiger partial charge is 0.412 e. The molecule has 0 aromatic heterocycles. The topological polar surface area (TPSA) is 72.0 Å². The molecule has 0 aliphatic rings. The molecule has 1 unspecified atom stereocenters. The maximum Gasteiger partial charge on any atom is 0.177 e. The monoisotopic (exact) mass is 185 g/mol. The van der Waals surface area contributed by atoms with Gasteiger partial charge in [-0.25, -0.2) is 0 Å². The fraction of sp³-hybridized carbons (Fsp3) is 1.00. The molecule has 0 bridgehead atoms. The van der Waals surface area contributed by atoms with Crippen molar-refractivity contribution in [1.29, 1.82) is 0 Å². The van der Waals surface area contributed by atoms with E-state index < -0.39 is 8.69 Å². The lowest BCUT2D eigenvalue weighted by molar-refractivity contribution is 0.321. The number of hydrogen-bond acceptors (Lipinski definition) is 2. The second-order valence-electron chi connectivity index (χ2n) is 1.72. The molecule has 0 radical (unpaired) electrons. The maximum absolute atomic E-state index is 8.57. The van der Waals surface area contributed by atoms with Crippen LogP contribution in [0.25, 0.3) is 0 Å². The van der Waals surface area contributed by atoms with E-state index in [1.165, 1.54) is 19.6 Å². The normalized spacial score (nSPS) is 9.18. The van der Waals surface area contributed by atoms with Gasteiger partial charge in [0, 0.05) is 0 Å². The molecule has 0 aromatic carbocycles. The summed E-state index contributed by atoms with van der Waals surface area (Å²) in [5, 5.41) is 0. The summed E-state index contributed by atoms with van der Waals surface area (Å²) in [5.74, 6) is 0. The Morgan fingerprint density at radius 3 is 1.36 bits per heavy atom. The SMILES string of the molecule is CCN(CC)CC.O.O=[PH2]O. The third kappa shape index (κ3) is 17.8. The van der Waals surface area contributed by atoms with E-state index in [1.807, 2.05) is 0 Å². The van der Waals surface area contributed by atoms with Crippen molar-refractivity contribution in [3.05, 3.63) is 0 Å². The summed E-state index contributed by atoms with van der Waals surface area (Å²) in [6.45, 7) is 10.1. The Balaban J connectivity index is -0.000000140. The highest BCUT2D eigenvalue weighted by Crippen LogP contribution is 1.81. The summed E-state index contributed by atoms with van der Waals surface area (Å²) >= 11 is 0. The van der Waals surface area contributed by atoms with E-state index in [0.717, 1.165) is 0 Å². The van der Waals surface area contributed by atoms with Gasteiger partial charge in [0.25, 0.3) is 0 Å². The molecule has 1 atom stereocenters. The molecular weight excluding hydrogens is 165 g/mol. The first-order valence-electron chi connectivity index (χ1n) is 3.56. The molecule has 0 aliphatic carbocycles. The van der Waals surface area contributed by atoms with Gasteiger partial charge in [0.1, 0.15) is 0 Å². The van der Waals surface area contributed by atoms with Crippen LogP contribution in [0.15, 0.2) is 0 Å². The Hall–Kier alpha value is 0.110. The quantitative estimate of drug-likeness (QED) is 0.637. The van der Waals surface area contributed by atoms with Gasteiger partial charge in [0.05, 0.1) is 0 Å². The molecule has 0 heterocycles. The molecule has 0 saturated carbocycles. The lowest BCUT2D eigenvalue weighted by Gasteiger charge is -2.13. The summed E-state index contributed by atoms with van der Waals surface area (Å²) in [7, 11) is -1.50. The minimum Gasteiger partial charge on any atom is -0.412 e. The standard InChI is InChI=1S/C6H15N.H3O2P.H2O/c1-4-7(5-2)6-3;1-3-2;/h4-6H2,1-3H3;3H2,(H,1,2);1H2. The van der Waals surface area contributed by atoms with E-state index in [9.17, 15) is 0 Å². The van der Waals surface area contributed by atoms with Crippen molar-refractivity contribution in [3.63, 3.8) is 0 Å². The van der Waals surface area contributed by atoms with Crippen LogP contribution >= 0.6 is 8.69 Å². The highest BCUT2D eigenvalue weighted by molar-refractivity contribution is 7.16. The minimum absolute atomic E-state index is 0. The van der Waals surface area contributed by atoms with Gasteiger partial charge in [-0.3, -0.25) is 4.57 Å². The average molecular weight is 185 g/mol. The van der Waals surface area contributed by atoms with Crippen molar-refractivity contribution in [2.24, 2.45) is 0 Å². The van der Waals surface area contributed by atoms with Gasteiger partial charge in [-0.2, -0.15) is 0 Å². The predicted octanol–water partition coefficient (Wildman–Crippen LogP) is 0.173. The van der Waals surface area contributed by atoms with E-state index in [2.05, 4.69) is 25.7 Å². The van der Waals surface area contributed by atoms with Crippen molar-refractivity contribution in [2.75, 3.05) is 19.6 Å². The highest BCUT2D eigenvalue weighted by atomic mass is 31.1. The van der Waals surface area contributed by atoms with Crippen LogP contribution < -0.4 is 0 Å². The summed E-state index contributed by atoms with van der Waals surface area (Å²) in [6, 6.07) is 0. The molecule has 0 fully saturated rings. The third-order valence-electron chi connectivity index (χ3n) is 1.34. The first kappa shape index (κ1) is 17.3. The lowest BCUT2D eigenvalue weighted by Crippen LogP contribution is -2.21.